The summed E-state index contributed by atoms with van der Waals surface area (Å²) in [4.78, 5) is 0. The zero-order valence-electron chi connectivity index (χ0n) is 6.18. The highest BCUT2D eigenvalue weighted by molar-refractivity contribution is 5.15. The molecule has 0 rings (SSSR count). The topological polar surface area (TPSA) is 24.7 Å². The van der Waals surface area contributed by atoms with Crippen LogP contribution in [0.3, 0.4) is 0 Å². The van der Waals surface area contributed by atoms with E-state index >= 15 is 0 Å². The van der Waals surface area contributed by atoms with E-state index in [-0.39, 0.29) is 0 Å². The highest BCUT2D eigenvalue weighted by atomic mass is 15.1. The number of allylic oxidation sites excluding steroid dienone is 3. The Balaban J connectivity index is 4.00. The third-order valence-corrected chi connectivity index (χ3v) is 0.713. The number of azo groups is 1. The molecule has 0 amide bonds. The maximum Gasteiger partial charge on any atom is 0.0597 e. The van der Waals surface area contributed by atoms with Gasteiger partial charge in [-0.05, 0) is 19.9 Å². The lowest BCUT2D eigenvalue weighted by Gasteiger charge is -1.87. The molecule has 0 radical (unpaired) electrons. The summed E-state index contributed by atoms with van der Waals surface area (Å²) in [5.41, 5.74) is 1.89. The van der Waals surface area contributed by atoms with Gasteiger partial charge in [0.05, 0.1) is 5.70 Å². The average molecular weight is 124 g/mol. The predicted octanol–water partition coefficient (Wildman–Crippen LogP) is 2.55. The van der Waals surface area contributed by atoms with Crippen molar-refractivity contribution >= 4 is 0 Å². The van der Waals surface area contributed by atoms with Gasteiger partial charge in [0.1, 0.15) is 0 Å². The van der Waals surface area contributed by atoms with Crippen LogP contribution >= 0.6 is 0 Å². The zero-order chi connectivity index (χ0) is 7.28. The van der Waals surface area contributed by atoms with Crippen molar-refractivity contribution in [3.05, 3.63) is 23.9 Å². The van der Waals surface area contributed by atoms with Crippen molar-refractivity contribution in [1.29, 1.82) is 0 Å². The van der Waals surface area contributed by atoms with Crippen LogP contribution in [0.4, 0.5) is 0 Å². The Bertz CT molecular complexity index is 154. The first-order valence-corrected chi connectivity index (χ1v) is 2.80. The molecule has 0 unspecified atom stereocenters. The fourth-order valence-electron chi connectivity index (χ4n) is 0.543. The van der Waals surface area contributed by atoms with E-state index in [1.54, 1.807) is 7.05 Å². The van der Waals surface area contributed by atoms with Crippen LogP contribution in [0.2, 0.25) is 0 Å². The highest BCUT2D eigenvalue weighted by Crippen LogP contribution is 1.99. The van der Waals surface area contributed by atoms with Crippen LogP contribution in [0, 0.1) is 0 Å². The maximum absolute atomic E-state index is 3.79. The number of rotatable bonds is 2. The van der Waals surface area contributed by atoms with Gasteiger partial charge in [-0.3, -0.25) is 0 Å². The van der Waals surface area contributed by atoms with Crippen LogP contribution in [0.1, 0.15) is 13.8 Å². The summed E-state index contributed by atoms with van der Waals surface area (Å²) < 4.78 is 0. The van der Waals surface area contributed by atoms with Crippen LogP contribution in [0.5, 0.6) is 0 Å². The van der Waals surface area contributed by atoms with Crippen LogP contribution in [0.15, 0.2) is 34.2 Å². The molecule has 0 aliphatic heterocycles. The molecule has 0 saturated heterocycles. The Morgan fingerprint density at radius 2 is 2.00 bits per heavy atom. The number of hydrogen-bond acceptors (Lipinski definition) is 2. The fourth-order valence-corrected chi connectivity index (χ4v) is 0.543. The molecule has 0 aromatic carbocycles. The standard InChI is InChI=1S/C7H12N2/c1-6(2)5-7(3)9-8-4/h5H,1H2,2-4H3/b7-5-,9-8-. The molecule has 2 nitrogen and oxygen atoms in total. The summed E-state index contributed by atoms with van der Waals surface area (Å²) in [5.74, 6) is 0. The minimum atomic E-state index is 0.894. The Kier molecular flexibility index (Phi) is 3.60. The predicted molar refractivity (Wildman–Crippen MR) is 39.4 cm³/mol. The van der Waals surface area contributed by atoms with Gasteiger partial charge in [0.25, 0.3) is 0 Å². The first-order chi connectivity index (χ1) is 4.16. The fraction of sp³-hybridized carbons (Fsp3) is 0.429. The number of nitrogens with zero attached hydrogens (tertiary/aromatic N) is 2. The molecular formula is C7H12N2. The Labute approximate surface area is 56.0 Å². The van der Waals surface area contributed by atoms with Crippen molar-refractivity contribution in [2.24, 2.45) is 10.2 Å². The summed E-state index contributed by atoms with van der Waals surface area (Å²) in [6.45, 7) is 7.52. The quantitative estimate of drug-likeness (QED) is 0.399. The molecular weight excluding hydrogens is 112 g/mol. The van der Waals surface area contributed by atoms with Gasteiger partial charge in [-0.25, -0.2) is 0 Å². The second-order valence-corrected chi connectivity index (χ2v) is 1.93. The molecule has 0 spiro atoms. The lowest BCUT2D eigenvalue weighted by atomic mass is 10.3. The van der Waals surface area contributed by atoms with Crippen molar-refractivity contribution < 1.29 is 0 Å². The minimum Gasteiger partial charge on any atom is -0.192 e. The van der Waals surface area contributed by atoms with Gasteiger partial charge in [0, 0.05) is 7.05 Å². The smallest absolute Gasteiger partial charge is 0.0597 e. The monoisotopic (exact) mass is 124 g/mol. The van der Waals surface area contributed by atoms with E-state index in [1.807, 2.05) is 19.9 Å². The van der Waals surface area contributed by atoms with Gasteiger partial charge in [0.15, 0.2) is 0 Å². The lowest BCUT2D eigenvalue weighted by molar-refractivity contribution is 1.08. The van der Waals surface area contributed by atoms with Gasteiger partial charge in [-0.15, -0.1) is 0 Å². The van der Waals surface area contributed by atoms with Crippen molar-refractivity contribution in [1.82, 2.24) is 0 Å². The van der Waals surface area contributed by atoms with Crippen LogP contribution < -0.4 is 0 Å². The van der Waals surface area contributed by atoms with Gasteiger partial charge in [-0.1, -0.05) is 12.2 Å². The second kappa shape index (κ2) is 4.01. The SMILES string of the molecule is C=C(C)/C=C(C)\N=N/C. The van der Waals surface area contributed by atoms with Crippen LogP contribution in [-0.4, -0.2) is 7.05 Å². The first kappa shape index (κ1) is 8.08. The van der Waals surface area contributed by atoms with Crippen molar-refractivity contribution in [2.75, 3.05) is 7.05 Å². The third kappa shape index (κ3) is 4.94. The minimum absolute atomic E-state index is 0.894. The zero-order valence-corrected chi connectivity index (χ0v) is 6.18. The van der Waals surface area contributed by atoms with Crippen LogP contribution in [-0.2, 0) is 0 Å². The molecule has 0 bridgehead atoms. The van der Waals surface area contributed by atoms with E-state index in [0.29, 0.717) is 0 Å². The molecule has 0 aromatic heterocycles. The maximum atomic E-state index is 3.79. The van der Waals surface area contributed by atoms with Gasteiger partial charge in [0.2, 0.25) is 0 Å². The molecule has 2 heteroatoms. The summed E-state index contributed by atoms with van der Waals surface area (Å²) in [7, 11) is 1.65. The molecule has 0 atom stereocenters. The van der Waals surface area contributed by atoms with E-state index in [1.165, 1.54) is 0 Å². The molecule has 50 valence electrons. The van der Waals surface area contributed by atoms with Gasteiger partial charge in [-0.2, -0.15) is 10.2 Å². The summed E-state index contributed by atoms with van der Waals surface area (Å²) in [5, 5.41) is 7.39. The molecule has 0 fully saturated rings. The molecule has 0 aliphatic carbocycles. The molecule has 9 heavy (non-hydrogen) atoms. The molecule has 0 aliphatic rings. The Morgan fingerprint density at radius 1 is 1.44 bits per heavy atom. The van der Waals surface area contributed by atoms with E-state index < -0.39 is 0 Å². The molecule has 0 N–H and O–H groups in total. The average Bonchev–Trinajstić information content (AvgIpc) is 1.63. The van der Waals surface area contributed by atoms with Gasteiger partial charge < -0.3 is 0 Å². The first-order valence-electron chi connectivity index (χ1n) is 2.80. The number of hydrogen-bond donors (Lipinski definition) is 0. The highest BCUT2D eigenvalue weighted by Gasteiger charge is 1.80. The molecule has 0 heterocycles. The Hall–Kier alpha value is -0.920. The molecule has 0 aromatic rings. The van der Waals surface area contributed by atoms with Crippen molar-refractivity contribution in [2.45, 2.75) is 13.8 Å². The van der Waals surface area contributed by atoms with E-state index in [0.717, 1.165) is 11.3 Å². The largest absolute Gasteiger partial charge is 0.192 e. The lowest BCUT2D eigenvalue weighted by Crippen LogP contribution is -1.68. The second-order valence-electron chi connectivity index (χ2n) is 1.93. The van der Waals surface area contributed by atoms with E-state index in [9.17, 15) is 0 Å². The van der Waals surface area contributed by atoms with Crippen molar-refractivity contribution in [3.8, 4) is 0 Å². The normalized spacial score (nSPS) is 12.6. The summed E-state index contributed by atoms with van der Waals surface area (Å²) >= 11 is 0. The van der Waals surface area contributed by atoms with E-state index in [2.05, 4.69) is 16.8 Å². The van der Waals surface area contributed by atoms with Crippen molar-refractivity contribution in [3.63, 3.8) is 0 Å². The van der Waals surface area contributed by atoms with E-state index in [4.69, 9.17) is 0 Å². The van der Waals surface area contributed by atoms with Gasteiger partial charge >= 0.3 is 0 Å². The van der Waals surface area contributed by atoms with Crippen LogP contribution in [0.25, 0.3) is 0 Å². The summed E-state index contributed by atoms with van der Waals surface area (Å²) in [6, 6.07) is 0. The Morgan fingerprint density at radius 3 is 2.33 bits per heavy atom. The third-order valence-electron chi connectivity index (χ3n) is 0.713. The molecule has 0 saturated carbocycles. The summed E-state index contributed by atoms with van der Waals surface area (Å²) in [6.07, 6.45) is 1.88.